The van der Waals surface area contributed by atoms with E-state index in [0.717, 1.165) is 12.0 Å². The highest BCUT2D eigenvalue weighted by Gasteiger charge is 2.34. The van der Waals surface area contributed by atoms with E-state index in [0.29, 0.717) is 23.8 Å². The molecule has 0 saturated heterocycles. The van der Waals surface area contributed by atoms with Gasteiger partial charge in [0.05, 0.1) is 12.2 Å². The minimum Gasteiger partial charge on any atom is -0.460 e. The molecule has 1 aromatic heterocycles. The van der Waals surface area contributed by atoms with Crippen molar-refractivity contribution in [3.8, 4) is 0 Å². The van der Waals surface area contributed by atoms with Crippen molar-refractivity contribution in [2.45, 2.75) is 26.3 Å². The molecule has 0 bridgehead atoms. The largest absolute Gasteiger partial charge is 0.460 e. The zero-order valence-corrected chi connectivity index (χ0v) is 14.7. The van der Waals surface area contributed by atoms with Gasteiger partial charge in [-0.2, -0.15) is 10.1 Å². The lowest BCUT2D eigenvalue weighted by Crippen LogP contribution is -2.30. The van der Waals surface area contributed by atoms with Crippen molar-refractivity contribution in [1.82, 2.24) is 14.8 Å². The van der Waals surface area contributed by atoms with E-state index in [1.807, 2.05) is 19.1 Å². The fourth-order valence-corrected chi connectivity index (χ4v) is 2.89. The number of esters is 1. The lowest BCUT2D eigenvalue weighted by Gasteiger charge is -2.28. The Bertz CT molecular complexity index is 780. The highest BCUT2D eigenvalue weighted by atomic mass is 16.6. The highest BCUT2D eigenvalue weighted by molar-refractivity contribution is 5.92. The molecule has 1 unspecified atom stereocenters. The molecule has 1 aliphatic rings. The molecule has 1 aliphatic heterocycles. The van der Waals surface area contributed by atoms with Crippen LogP contribution in [0, 0.1) is 0 Å². The second kappa shape index (κ2) is 7.48. The number of ether oxygens (including phenoxy) is 2. The number of allylic oxidation sites excluding steroid dienone is 1. The topological polar surface area (TPSA) is 78.3 Å². The number of carbonyl (C=O) groups excluding carboxylic acids is 1. The predicted molar refractivity (Wildman–Crippen MR) is 93.1 cm³/mol. The molecule has 2 heterocycles. The molecule has 0 saturated carbocycles. The molecule has 1 atom stereocenters. The van der Waals surface area contributed by atoms with Gasteiger partial charge in [0.2, 0.25) is 5.95 Å². The molecule has 132 valence electrons. The van der Waals surface area contributed by atoms with Gasteiger partial charge in [0.1, 0.15) is 19.0 Å². The summed E-state index contributed by atoms with van der Waals surface area (Å²) >= 11 is 0. The van der Waals surface area contributed by atoms with Gasteiger partial charge in [-0.05, 0) is 24.5 Å². The Hall–Kier alpha value is -2.67. The molecule has 1 N–H and O–H groups in total. The van der Waals surface area contributed by atoms with Gasteiger partial charge in [-0.1, -0.05) is 31.2 Å². The van der Waals surface area contributed by atoms with Crippen molar-refractivity contribution in [3.63, 3.8) is 0 Å². The summed E-state index contributed by atoms with van der Waals surface area (Å²) in [5.74, 6) is 0.225. The third kappa shape index (κ3) is 3.41. The molecule has 0 radical (unpaired) electrons. The monoisotopic (exact) mass is 342 g/mol. The number of carbonyl (C=O) groups is 1. The number of benzene rings is 1. The summed E-state index contributed by atoms with van der Waals surface area (Å²) in [6, 6.07) is 7.81. The SMILES string of the molecule is CCc1ccc(C2C(C(=O)OCCOC)=C(C)Nc3ncnn32)cc1. The van der Waals surface area contributed by atoms with Gasteiger partial charge in [-0.3, -0.25) is 0 Å². The molecule has 0 spiro atoms. The van der Waals surface area contributed by atoms with Crippen LogP contribution >= 0.6 is 0 Å². The van der Waals surface area contributed by atoms with Crippen LogP contribution in [0.25, 0.3) is 0 Å². The van der Waals surface area contributed by atoms with Crippen molar-refractivity contribution in [3.05, 3.63) is 53.0 Å². The zero-order chi connectivity index (χ0) is 17.8. The normalized spacial score (nSPS) is 16.4. The summed E-state index contributed by atoms with van der Waals surface area (Å²) in [4.78, 5) is 16.9. The zero-order valence-electron chi connectivity index (χ0n) is 14.7. The number of fused-ring (bicyclic) bond motifs is 1. The summed E-state index contributed by atoms with van der Waals surface area (Å²) < 4.78 is 12.0. The minimum absolute atomic E-state index is 0.206. The number of nitrogens with one attached hydrogen (secondary N) is 1. The average molecular weight is 342 g/mol. The van der Waals surface area contributed by atoms with Gasteiger partial charge in [0.15, 0.2) is 0 Å². The van der Waals surface area contributed by atoms with Crippen LogP contribution < -0.4 is 5.32 Å². The first-order valence-corrected chi connectivity index (χ1v) is 8.28. The van der Waals surface area contributed by atoms with Crippen molar-refractivity contribution in [1.29, 1.82) is 0 Å². The maximum Gasteiger partial charge on any atom is 0.338 e. The van der Waals surface area contributed by atoms with E-state index in [2.05, 4.69) is 34.5 Å². The Balaban J connectivity index is 1.99. The lowest BCUT2D eigenvalue weighted by atomic mass is 9.95. The first-order valence-electron chi connectivity index (χ1n) is 8.28. The number of methoxy groups -OCH3 is 1. The van der Waals surface area contributed by atoms with Gasteiger partial charge in [0.25, 0.3) is 0 Å². The second-order valence-electron chi connectivity index (χ2n) is 5.82. The molecular formula is C18H22N4O3. The number of nitrogens with zero attached hydrogens (tertiary/aromatic N) is 3. The first kappa shape index (κ1) is 17.2. The maximum absolute atomic E-state index is 12.7. The van der Waals surface area contributed by atoms with Crippen molar-refractivity contribution in [2.24, 2.45) is 0 Å². The minimum atomic E-state index is -0.382. The molecule has 25 heavy (non-hydrogen) atoms. The molecule has 0 aliphatic carbocycles. The van der Waals surface area contributed by atoms with Crippen molar-refractivity contribution in [2.75, 3.05) is 25.6 Å². The van der Waals surface area contributed by atoms with Crippen LogP contribution in [0.3, 0.4) is 0 Å². The van der Waals surface area contributed by atoms with Gasteiger partial charge < -0.3 is 14.8 Å². The summed E-state index contributed by atoms with van der Waals surface area (Å²) in [5, 5.41) is 7.42. The predicted octanol–water partition coefficient (Wildman–Crippen LogP) is 2.32. The van der Waals surface area contributed by atoms with Crippen LogP contribution in [0.1, 0.15) is 31.0 Å². The summed E-state index contributed by atoms with van der Waals surface area (Å²) in [6.07, 6.45) is 2.43. The fourth-order valence-electron chi connectivity index (χ4n) is 2.89. The van der Waals surface area contributed by atoms with Gasteiger partial charge in [0, 0.05) is 12.8 Å². The molecule has 3 rings (SSSR count). The standard InChI is InChI=1S/C18H22N4O3/c1-4-13-5-7-14(8-6-13)16-15(17(23)25-10-9-24-3)12(2)21-18-19-11-20-22(16)18/h5-8,11,16H,4,9-10H2,1-3H3,(H,19,20,21). The first-order chi connectivity index (χ1) is 12.2. The quantitative estimate of drug-likeness (QED) is 0.641. The van der Waals surface area contributed by atoms with E-state index in [1.54, 1.807) is 11.8 Å². The van der Waals surface area contributed by atoms with E-state index >= 15 is 0 Å². The highest BCUT2D eigenvalue weighted by Crippen LogP contribution is 2.35. The molecule has 0 amide bonds. The van der Waals surface area contributed by atoms with Crippen LogP contribution in [0.15, 0.2) is 41.9 Å². The van der Waals surface area contributed by atoms with Crippen molar-refractivity contribution < 1.29 is 14.3 Å². The summed E-state index contributed by atoms with van der Waals surface area (Å²) in [6.45, 7) is 4.52. The van der Waals surface area contributed by atoms with E-state index in [-0.39, 0.29) is 18.6 Å². The smallest absolute Gasteiger partial charge is 0.338 e. The molecule has 7 nitrogen and oxygen atoms in total. The van der Waals surface area contributed by atoms with Gasteiger partial charge in [-0.25, -0.2) is 9.48 Å². The average Bonchev–Trinajstić information content (AvgIpc) is 3.08. The van der Waals surface area contributed by atoms with E-state index in [4.69, 9.17) is 9.47 Å². The van der Waals surface area contributed by atoms with Crippen LogP contribution in [-0.2, 0) is 20.7 Å². The number of rotatable bonds is 6. The summed E-state index contributed by atoms with van der Waals surface area (Å²) in [5.41, 5.74) is 3.44. The third-order valence-corrected chi connectivity index (χ3v) is 4.24. The van der Waals surface area contributed by atoms with E-state index < -0.39 is 0 Å². The molecule has 0 fully saturated rings. The van der Waals surface area contributed by atoms with E-state index in [9.17, 15) is 4.79 Å². The number of hydrogen-bond acceptors (Lipinski definition) is 6. The Labute approximate surface area is 146 Å². The lowest BCUT2D eigenvalue weighted by molar-refractivity contribution is -0.140. The van der Waals surface area contributed by atoms with E-state index in [1.165, 1.54) is 11.9 Å². The van der Waals surface area contributed by atoms with Crippen LogP contribution in [0.2, 0.25) is 0 Å². The third-order valence-electron chi connectivity index (χ3n) is 4.24. The van der Waals surface area contributed by atoms with Crippen molar-refractivity contribution >= 4 is 11.9 Å². The molecular weight excluding hydrogens is 320 g/mol. The fraction of sp³-hybridized carbons (Fsp3) is 0.389. The Morgan fingerprint density at radius 2 is 2.04 bits per heavy atom. The van der Waals surface area contributed by atoms with Gasteiger partial charge in [-0.15, -0.1) is 0 Å². The Morgan fingerprint density at radius 3 is 2.72 bits per heavy atom. The van der Waals surface area contributed by atoms with Crippen LogP contribution in [0.5, 0.6) is 0 Å². The number of aromatic nitrogens is 3. The molecule has 7 heteroatoms. The molecule has 2 aromatic rings. The Morgan fingerprint density at radius 1 is 1.28 bits per heavy atom. The summed E-state index contributed by atoms with van der Waals surface area (Å²) in [7, 11) is 1.57. The van der Waals surface area contributed by atoms with Crippen LogP contribution in [-0.4, -0.2) is 41.1 Å². The van der Waals surface area contributed by atoms with Gasteiger partial charge >= 0.3 is 5.97 Å². The number of aryl methyl sites for hydroxylation is 1. The van der Waals surface area contributed by atoms with Crippen LogP contribution in [0.4, 0.5) is 5.95 Å². The molecule has 1 aromatic carbocycles. The maximum atomic E-state index is 12.7. The number of anilines is 1. The number of hydrogen-bond donors (Lipinski definition) is 1. The second-order valence-corrected chi connectivity index (χ2v) is 5.82. The Kier molecular flexibility index (Phi) is 5.14.